The monoisotopic (exact) mass is 332 g/mol. The molecule has 0 aliphatic carbocycles. The van der Waals surface area contributed by atoms with Crippen LogP contribution in [-0.2, 0) is 16.6 Å². The van der Waals surface area contributed by atoms with Crippen molar-refractivity contribution < 1.29 is 13.2 Å². The first-order valence-corrected chi connectivity index (χ1v) is 7.35. The van der Waals surface area contributed by atoms with Gasteiger partial charge in [0, 0.05) is 6.54 Å². The molecule has 4 N–H and O–H groups in total. The van der Waals surface area contributed by atoms with E-state index >= 15 is 0 Å². The Morgan fingerprint density at radius 3 is 2.43 bits per heavy atom. The largest absolute Gasteiger partial charge is 0.497 e. The van der Waals surface area contributed by atoms with Gasteiger partial charge in [-0.2, -0.15) is 0 Å². The van der Waals surface area contributed by atoms with Gasteiger partial charge in [-0.1, -0.05) is 12.1 Å². The number of aromatic amines is 1. The maximum absolute atomic E-state index is 12.1. The molecule has 0 saturated carbocycles. The maximum atomic E-state index is 12.1. The van der Waals surface area contributed by atoms with E-state index in [0.29, 0.717) is 11.6 Å². The summed E-state index contributed by atoms with van der Waals surface area (Å²) in [6.07, 6.45) is 0. The molecule has 0 radical (unpaired) electrons. The van der Waals surface area contributed by atoms with Crippen LogP contribution < -0.4 is 15.2 Å². The van der Waals surface area contributed by atoms with Crippen LogP contribution in [0.3, 0.4) is 0 Å². The lowest BCUT2D eigenvalue weighted by molar-refractivity contribution is 0.414. The Hall–Kier alpha value is -1.77. The molecule has 116 valence electrons. The summed E-state index contributed by atoms with van der Waals surface area (Å²) in [6.45, 7) is 1.79. The minimum Gasteiger partial charge on any atom is -0.497 e. The molecule has 2 rings (SSSR count). The first-order chi connectivity index (χ1) is 9.42. The number of methoxy groups -OCH3 is 1. The molecule has 0 spiro atoms. The highest BCUT2D eigenvalue weighted by molar-refractivity contribution is 7.89. The van der Waals surface area contributed by atoms with E-state index in [0.717, 1.165) is 5.56 Å². The number of nitrogen functional groups attached to an aromatic ring is 1. The SMILES string of the molecule is COc1ccc(CNS(=O)(=O)c2[nH]c(C)nc2N)cc1.Cl. The quantitative estimate of drug-likeness (QED) is 0.762. The van der Waals surface area contributed by atoms with Crippen molar-refractivity contribution in [2.24, 2.45) is 0 Å². The molecule has 0 unspecified atom stereocenters. The smallest absolute Gasteiger partial charge is 0.260 e. The Kier molecular flexibility index (Phi) is 5.59. The molecule has 0 fully saturated rings. The number of benzene rings is 1. The van der Waals surface area contributed by atoms with E-state index in [-0.39, 0.29) is 29.8 Å². The van der Waals surface area contributed by atoms with Gasteiger partial charge in [-0.3, -0.25) is 0 Å². The lowest BCUT2D eigenvalue weighted by Gasteiger charge is -2.06. The zero-order valence-electron chi connectivity index (χ0n) is 11.6. The Labute approximate surface area is 129 Å². The van der Waals surface area contributed by atoms with Crippen molar-refractivity contribution in [3.8, 4) is 5.75 Å². The second kappa shape index (κ2) is 6.79. The Balaban J connectivity index is 0.00000220. The van der Waals surface area contributed by atoms with E-state index < -0.39 is 10.0 Å². The van der Waals surface area contributed by atoms with Crippen molar-refractivity contribution in [3.05, 3.63) is 35.7 Å². The highest BCUT2D eigenvalue weighted by Crippen LogP contribution is 2.15. The average molecular weight is 333 g/mol. The number of aromatic nitrogens is 2. The van der Waals surface area contributed by atoms with Gasteiger partial charge in [0.25, 0.3) is 10.0 Å². The molecule has 1 aromatic heterocycles. The number of imidazole rings is 1. The van der Waals surface area contributed by atoms with Crippen LogP contribution in [0, 0.1) is 6.92 Å². The number of nitrogens with two attached hydrogens (primary N) is 1. The van der Waals surface area contributed by atoms with Crippen LogP contribution in [0.4, 0.5) is 5.82 Å². The molecule has 9 heteroatoms. The summed E-state index contributed by atoms with van der Waals surface area (Å²) in [5, 5.41) is -0.108. The molecule has 0 aliphatic heterocycles. The van der Waals surface area contributed by atoms with Gasteiger partial charge in [-0.25, -0.2) is 18.1 Å². The molecular formula is C12H17ClN4O3S. The standard InChI is InChI=1S/C12H16N4O3S.ClH/c1-8-15-11(13)12(16-8)20(17,18)14-7-9-3-5-10(19-2)6-4-9;/h3-6,14H,7,13H2,1-2H3,(H,15,16);1H. The average Bonchev–Trinajstić information content (AvgIpc) is 2.77. The lowest BCUT2D eigenvalue weighted by Crippen LogP contribution is -2.24. The molecule has 0 aliphatic rings. The van der Waals surface area contributed by atoms with E-state index in [1.165, 1.54) is 0 Å². The van der Waals surface area contributed by atoms with Crippen LogP contribution in [-0.4, -0.2) is 25.5 Å². The van der Waals surface area contributed by atoms with Crippen LogP contribution >= 0.6 is 12.4 Å². The summed E-state index contributed by atoms with van der Waals surface area (Å²) in [7, 11) is -2.14. The highest BCUT2D eigenvalue weighted by Gasteiger charge is 2.20. The van der Waals surface area contributed by atoms with E-state index in [2.05, 4.69) is 14.7 Å². The van der Waals surface area contributed by atoms with Crippen LogP contribution in [0.15, 0.2) is 29.3 Å². The van der Waals surface area contributed by atoms with Gasteiger partial charge in [-0.15, -0.1) is 12.4 Å². The molecule has 0 bridgehead atoms. The molecule has 1 heterocycles. The number of hydrogen-bond acceptors (Lipinski definition) is 5. The number of H-pyrrole nitrogens is 1. The van der Waals surface area contributed by atoms with Gasteiger partial charge < -0.3 is 15.5 Å². The van der Waals surface area contributed by atoms with Crippen LogP contribution in [0.1, 0.15) is 11.4 Å². The molecule has 21 heavy (non-hydrogen) atoms. The van der Waals surface area contributed by atoms with Gasteiger partial charge in [0.15, 0.2) is 10.8 Å². The van der Waals surface area contributed by atoms with Crippen molar-refractivity contribution in [1.82, 2.24) is 14.7 Å². The summed E-state index contributed by atoms with van der Waals surface area (Å²) < 4.78 is 31.6. The lowest BCUT2D eigenvalue weighted by atomic mass is 10.2. The van der Waals surface area contributed by atoms with Crippen molar-refractivity contribution >= 4 is 28.2 Å². The molecule has 7 nitrogen and oxygen atoms in total. The predicted octanol–water partition coefficient (Wildman–Crippen LogP) is 1.21. The minimum absolute atomic E-state index is 0. The number of aryl methyl sites for hydroxylation is 1. The Morgan fingerprint density at radius 2 is 1.95 bits per heavy atom. The van der Waals surface area contributed by atoms with Crippen molar-refractivity contribution in [2.45, 2.75) is 18.5 Å². The summed E-state index contributed by atoms with van der Waals surface area (Å²) in [4.78, 5) is 6.47. The van der Waals surface area contributed by atoms with Gasteiger partial charge in [0.05, 0.1) is 7.11 Å². The van der Waals surface area contributed by atoms with Crippen molar-refractivity contribution in [3.63, 3.8) is 0 Å². The Bertz CT molecular complexity index is 698. The summed E-state index contributed by atoms with van der Waals surface area (Å²) in [5.41, 5.74) is 6.37. The fourth-order valence-corrected chi connectivity index (χ4v) is 2.79. The van der Waals surface area contributed by atoms with Gasteiger partial charge >= 0.3 is 0 Å². The normalized spacial score (nSPS) is 11.0. The number of halogens is 1. The van der Waals surface area contributed by atoms with Gasteiger partial charge in [-0.05, 0) is 24.6 Å². The third kappa shape index (κ3) is 4.10. The number of hydrogen-bond donors (Lipinski definition) is 3. The van der Waals surface area contributed by atoms with E-state index in [1.807, 2.05) is 0 Å². The number of ether oxygens (including phenoxy) is 1. The fourth-order valence-electron chi connectivity index (χ4n) is 1.69. The van der Waals surface area contributed by atoms with Gasteiger partial charge in [0.1, 0.15) is 11.6 Å². The maximum Gasteiger partial charge on any atom is 0.260 e. The predicted molar refractivity (Wildman–Crippen MR) is 82.0 cm³/mol. The number of sulfonamides is 1. The molecule has 0 saturated heterocycles. The van der Waals surface area contributed by atoms with Gasteiger partial charge in [0.2, 0.25) is 0 Å². The highest BCUT2D eigenvalue weighted by atomic mass is 35.5. The molecule has 0 amide bonds. The van der Waals surface area contributed by atoms with E-state index in [9.17, 15) is 8.42 Å². The van der Waals surface area contributed by atoms with E-state index in [4.69, 9.17) is 10.5 Å². The number of rotatable bonds is 5. The zero-order valence-corrected chi connectivity index (χ0v) is 13.2. The molecular weight excluding hydrogens is 316 g/mol. The van der Waals surface area contributed by atoms with Crippen LogP contribution in [0.2, 0.25) is 0 Å². The third-order valence-corrected chi connectivity index (χ3v) is 4.08. The fraction of sp³-hybridized carbons (Fsp3) is 0.250. The number of nitrogens with zero attached hydrogens (tertiary/aromatic N) is 1. The molecule has 1 aromatic carbocycles. The number of anilines is 1. The van der Waals surface area contributed by atoms with E-state index in [1.54, 1.807) is 38.3 Å². The minimum atomic E-state index is -3.71. The Morgan fingerprint density at radius 1 is 1.33 bits per heavy atom. The second-order valence-electron chi connectivity index (χ2n) is 4.21. The first-order valence-electron chi connectivity index (χ1n) is 5.87. The van der Waals surface area contributed by atoms with Crippen LogP contribution in [0.5, 0.6) is 5.75 Å². The first kappa shape index (κ1) is 17.3. The molecule has 0 atom stereocenters. The second-order valence-corrected chi connectivity index (χ2v) is 5.91. The van der Waals surface area contributed by atoms with Crippen LogP contribution in [0.25, 0.3) is 0 Å². The summed E-state index contributed by atoms with van der Waals surface area (Å²) in [5.74, 6) is 1.13. The summed E-state index contributed by atoms with van der Waals surface area (Å²) in [6, 6.07) is 7.09. The van der Waals surface area contributed by atoms with Crippen molar-refractivity contribution in [1.29, 1.82) is 0 Å². The summed E-state index contributed by atoms with van der Waals surface area (Å²) >= 11 is 0. The number of nitrogens with one attached hydrogen (secondary N) is 2. The van der Waals surface area contributed by atoms with Crippen molar-refractivity contribution in [2.75, 3.05) is 12.8 Å². The third-order valence-electron chi connectivity index (χ3n) is 2.71. The molecule has 2 aromatic rings. The zero-order chi connectivity index (χ0) is 14.8. The topological polar surface area (TPSA) is 110 Å².